The lowest BCUT2D eigenvalue weighted by atomic mass is 10.1. The monoisotopic (exact) mass is 372 g/mol. The molecule has 0 heterocycles. The highest BCUT2D eigenvalue weighted by molar-refractivity contribution is 7.89. The number of sulfonamides is 1. The fourth-order valence-corrected chi connectivity index (χ4v) is 1.94. The number of rotatable bonds is 9. The van der Waals surface area contributed by atoms with E-state index in [0.717, 1.165) is 6.26 Å². The Labute approximate surface area is 143 Å². The summed E-state index contributed by atoms with van der Waals surface area (Å²) in [6, 6.07) is 5.93. The smallest absolute Gasteiger partial charge is 0.335 e. The quantitative estimate of drug-likeness (QED) is 0.194. The van der Waals surface area contributed by atoms with Crippen LogP contribution < -0.4 is 10.2 Å². The molecule has 0 aromatic heterocycles. The molecule has 0 aliphatic rings. The van der Waals surface area contributed by atoms with E-state index in [0.29, 0.717) is 11.6 Å². The van der Waals surface area contributed by atoms with Crippen molar-refractivity contribution in [3.8, 4) is 0 Å². The van der Waals surface area contributed by atoms with Crippen LogP contribution in [0, 0.1) is 0 Å². The molecule has 0 fully saturated rings. The van der Waals surface area contributed by atoms with E-state index in [1.165, 1.54) is 16.9 Å². The van der Waals surface area contributed by atoms with Gasteiger partial charge in [0.25, 0.3) is 5.91 Å². The zero-order chi connectivity index (χ0) is 19.0. The van der Waals surface area contributed by atoms with Crippen molar-refractivity contribution < 1.29 is 37.9 Å². The Morgan fingerprint density at radius 2 is 1.76 bits per heavy atom. The molecule has 1 aromatic carbocycles. The van der Waals surface area contributed by atoms with Crippen LogP contribution in [-0.2, 0) is 31.0 Å². The minimum absolute atomic E-state index is 0.132. The molecule has 0 spiro atoms. The van der Waals surface area contributed by atoms with Gasteiger partial charge in [-0.1, -0.05) is 12.1 Å². The van der Waals surface area contributed by atoms with Crippen LogP contribution in [0.2, 0.25) is 0 Å². The summed E-state index contributed by atoms with van der Waals surface area (Å²) >= 11 is 0. The van der Waals surface area contributed by atoms with Gasteiger partial charge in [-0.25, -0.2) is 17.9 Å². The Morgan fingerprint density at radius 1 is 1.16 bits per heavy atom. The van der Waals surface area contributed by atoms with E-state index in [9.17, 15) is 27.9 Å². The topological polar surface area (TPSA) is 159 Å². The summed E-state index contributed by atoms with van der Waals surface area (Å²) in [7, 11) is -3.86. The van der Waals surface area contributed by atoms with Gasteiger partial charge in [0.1, 0.15) is 6.61 Å². The first-order chi connectivity index (χ1) is 11.6. The summed E-state index contributed by atoms with van der Waals surface area (Å²) < 4.78 is 23.1. The Morgan fingerprint density at radius 3 is 2.28 bits per heavy atom. The van der Waals surface area contributed by atoms with Gasteiger partial charge in [0.15, 0.2) is 11.5 Å². The summed E-state index contributed by atoms with van der Waals surface area (Å²) in [4.78, 5) is 38.2. The van der Waals surface area contributed by atoms with Gasteiger partial charge in [-0.05, 0) is 17.7 Å². The Bertz CT molecular complexity index is 784. The number of benzene rings is 1. The number of carbonyl (C=O) groups excluding carboxylic acids is 2. The summed E-state index contributed by atoms with van der Waals surface area (Å²) in [6.07, 6.45) is 1.25. The molecule has 0 saturated heterocycles. The van der Waals surface area contributed by atoms with E-state index in [2.05, 4.69) is 5.48 Å². The largest absolute Gasteiger partial charge is 0.503 e. The van der Waals surface area contributed by atoms with Crippen LogP contribution >= 0.6 is 0 Å². The Hall–Kier alpha value is -2.76. The number of carboxylic acid groups (broad SMARTS) is 1. The number of ketones is 1. The van der Waals surface area contributed by atoms with Crippen molar-refractivity contribution in [2.45, 2.75) is 6.54 Å². The van der Waals surface area contributed by atoms with E-state index in [1.54, 1.807) is 12.1 Å². The molecule has 11 heteroatoms. The van der Waals surface area contributed by atoms with Crippen molar-refractivity contribution >= 4 is 27.7 Å². The first-order valence-electron chi connectivity index (χ1n) is 6.71. The van der Waals surface area contributed by atoms with Crippen LogP contribution in [0.1, 0.15) is 15.9 Å². The number of hydroxylamine groups is 1. The molecule has 10 nitrogen and oxygen atoms in total. The number of aliphatic hydroxyl groups excluding tert-OH is 1. The van der Waals surface area contributed by atoms with Gasteiger partial charge >= 0.3 is 5.97 Å². The lowest BCUT2D eigenvalue weighted by Crippen LogP contribution is -2.31. The summed E-state index contributed by atoms with van der Waals surface area (Å²) in [5.41, 5.74) is 3.28. The molecule has 0 saturated carbocycles. The van der Waals surface area contributed by atoms with Crippen LogP contribution in [-0.4, -0.2) is 49.2 Å². The van der Waals surface area contributed by atoms with Gasteiger partial charge in [-0.15, -0.1) is 0 Å². The molecule has 0 radical (unpaired) electrons. The third kappa shape index (κ3) is 8.06. The average molecular weight is 372 g/mol. The second-order valence-corrected chi connectivity index (χ2v) is 6.56. The van der Waals surface area contributed by atoms with Crippen LogP contribution in [0.5, 0.6) is 0 Å². The maximum Gasteiger partial charge on any atom is 0.335 e. The van der Waals surface area contributed by atoms with Crippen molar-refractivity contribution in [3.63, 3.8) is 0 Å². The number of aromatic carboxylic acids is 1. The first-order valence-corrected chi connectivity index (χ1v) is 8.60. The molecular formula is C14H16N2O8S. The normalized spacial score (nSPS) is 11.8. The van der Waals surface area contributed by atoms with Gasteiger partial charge in [0.2, 0.25) is 10.0 Å². The van der Waals surface area contributed by atoms with Crippen LogP contribution in [0.4, 0.5) is 0 Å². The molecule has 0 bridgehead atoms. The van der Waals surface area contributed by atoms with Gasteiger partial charge in [0.05, 0.1) is 11.8 Å². The van der Waals surface area contributed by atoms with Crippen molar-refractivity contribution in [3.05, 3.63) is 47.2 Å². The highest BCUT2D eigenvalue weighted by Crippen LogP contribution is 2.04. The summed E-state index contributed by atoms with van der Waals surface area (Å²) in [5, 5.41) is 18.1. The maximum atomic E-state index is 11.5. The SMILES string of the molecule is CS(=O)(=O)NC(=O)/C(O)=C/C(=O)CONCc1ccc(C(=O)O)cc1. The van der Waals surface area contributed by atoms with E-state index in [-0.39, 0.29) is 12.1 Å². The lowest BCUT2D eigenvalue weighted by Gasteiger charge is -2.05. The second-order valence-electron chi connectivity index (χ2n) is 4.81. The molecule has 1 rings (SSSR count). The number of carboxylic acids is 1. The van der Waals surface area contributed by atoms with Crippen LogP contribution in [0.3, 0.4) is 0 Å². The Kier molecular flexibility index (Phi) is 7.23. The lowest BCUT2D eigenvalue weighted by molar-refractivity contribution is -0.123. The fourth-order valence-electron chi connectivity index (χ4n) is 1.50. The number of aliphatic hydroxyl groups is 1. The minimum Gasteiger partial charge on any atom is -0.503 e. The average Bonchev–Trinajstić information content (AvgIpc) is 2.50. The van der Waals surface area contributed by atoms with E-state index < -0.39 is 40.0 Å². The summed E-state index contributed by atoms with van der Waals surface area (Å²) in [6.45, 7) is -0.346. The molecule has 0 aliphatic carbocycles. The Balaban J connectivity index is 2.40. The first kappa shape index (κ1) is 20.3. The van der Waals surface area contributed by atoms with Gasteiger partial charge in [0, 0.05) is 12.6 Å². The number of carbonyl (C=O) groups is 3. The third-order valence-corrected chi connectivity index (χ3v) is 3.16. The number of nitrogens with one attached hydrogen (secondary N) is 2. The van der Waals surface area contributed by atoms with Crippen molar-refractivity contribution in [2.24, 2.45) is 0 Å². The van der Waals surface area contributed by atoms with E-state index in [4.69, 9.17) is 9.94 Å². The second kappa shape index (κ2) is 8.92. The van der Waals surface area contributed by atoms with E-state index in [1.807, 2.05) is 0 Å². The van der Waals surface area contributed by atoms with Crippen molar-refractivity contribution in [2.75, 3.05) is 12.9 Å². The zero-order valence-corrected chi connectivity index (χ0v) is 13.9. The molecule has 0 aliphatic heterocycles. The van der Waals surface area contributed by atoms with E-state index >= 15 is 0 Å². The maximum absolute atomic E-state index is 11.5. The zero-order valence-electron chi connectivity index (χ0n) is 13.1. The van der Waals surface area contributed by atoms with Gasteiger partial charge in [-0.3, -0.25) is 14.4 Å². The highest BCUT2D eigenvalue weighted by Gasteiger charge is 2.14. The molecule has 4 N–H and O–H groups in total. The molecule has 25 heavy (non-hydrogen) atoms. The number of amides is 1. The highest BCUT2D eigenvalue weighted by atomic mass is 32.2. The third-order valence-electron chi connectivity index (χ3n) is 2.60. The predicted molar refractivity (Wildman–Crippen MR) is 84.9 cm³/mol. The number of hydrogen-bond acceptors (Lipinski definition) is 8. The standard InChI is InChI=1S/C14H16N2O8S/c1-25(22,23)16-13(19)12(18)6-11(17)8-24-15-7-9-2-4-10(5-3-9)14(20)21/h2-6,15,18H,7-8H2,1H3,(H,16,19)(H,20,21)/b12-6-. The number of hydrogen-bond donors (Lipinski definition) is 4. The molecule has 136 valence electrons. The minimum atomic E-state index is -3.86. The molecular weight excluding hydrogens is 356 g/mol. The van der Waals surface area contributed by atoms with Crippen molar-refractivity contribution in [1.82, 2.24) is 10.2 Å². The fraction of sp³-hybridized carbons (Fsp3) is 0.214. The predicted octanol–water partition coefficient (Wildman–Crippen LogP) is -0.507. The molecule has 1 amide bonds. The van der Waals surface area contributed by atoms with Gasteiger partial charge in [-0.2, -0.15) is 5.48 Å². The molecule has 0 atom stereocenters. The van der Waals surface area contributed by atoms with Crippen molar-refractivity contribution in [1.29, 1.82) is 0 Å². The van der Waals surface area contributed by atoms with Crippen LogP contribution in [0.25, 0.3) is 0 Å². The summed E-state index contributed by atoms with van der Waals surface area (Å²) in [5.74, 6) is -4.23. The van der Waals surface area contributed by atoms with Gasteiger partial charge < -0.3 is 10.2 Å². The van der Waals surface area contributed by atoms with Crippen LogP contribution in [0.15, 0.2) is 36.1 Å². The molecule has 0 unspecified atom stereocenters. The molecule has 1 aromatic rings.